The van der Waals surface area contributed by atoms with Crippen molar-refractivity contribution in [1.29, 1.82) is 0 Å². The number of ether oxygens (including phenoxy) is 2. The Labute approximate surface area is 70.9 Å². The van der Waals surface area contributed by atoms with Crippen molar-refractivity contribution in [3.05, 3.63) is 0 Å². The first-order valence-corrected chi connectivity index (χ1v) is 4.13. The maximum Gasteiger partial charge on any atom is 0.0484 e. The topological polar surface area (TPSA) is 18.5 Å². The Hall–Kier alpha value is -0.0800. The Morgan fingerprint density at radius 3 is 1.36 bits per heavy atom. The third-order valence-corrected chi connectivity index (χ3v) is 0.697. The summed E-state index contributed by atoms with van der Waals surface area (Å²) in [5.41, 5.74) is 0. The third-order valence-electron chi connectivity index (χ3n) is 0.697. The molecule has 0 saturated carbocycles. The molecule has 0 spiro atoms. The molecule has 2 heteroatoms. The van der Waals surface area contributed by atoms with Crippen LogP contribution in [0.1, 0.15) is 27.2 Å². The van der Waals surface area contributed by atoms with Gasteiger partial charge in [0.15, 0.2) is 0 Å². The van der Waals surface area contributed by atoms with Crippen LogP contribution in [0.4, 0.5) is 0 Å². The van der Waals surface area contributed by atoms with Gasteiger partial charge in [0.2, 0.25) is 0 Å². The summed E-state index contributed by atoms with van der Waals surface area (Å²) < 4.78 is 9.53. The highest BCUT2D eigenvalue weighted by Crippen LogP contribution is 1.81. The summed E-state index contributed by atoms with van der Waals surface area (Å²) in [7, 11) is 3.38. The van der Waals surface area contributed by atoms with Gasteiger partial charge in [-0.1, -0.05) is 20.8 Å². The molecule has 0 aliphatic carbocycles. The summed E-state index contributed by atoms with van der Waals surface area (Å²) in [6, 6.07) is 0. The molecule has 0 heterocycles. The highest BCUT2D eigenvalue weighted by molar-refractivity contribution is 4.28. The fourth-order valence-corrected chi connectivity index (χ4v) is 0.348. The summed E-state index contributed by atoms with van der Waals surface area (Å²) in [5, 5.41) is 0. The number of hydrogen-bond acceptors (Lipinski definition) is 2. The molecular formula is C9H22O2. The Balaban J connectivity index is 0. The molecule has 0 aliphatic rings. The van der Waals surface area contributed by atoms with E-state index in [0.717, 1.165) is 25.6 Å². The van der Waals surface area contributed by atoms with Crippen molar-refractivity contribution in [3.63, 3.8) is 0 Å². The first-order chi connectivity index (χ1) is 5.15. The lowest BCUT2D eigenvalue weighted by atomic mass is 10.3. The van der Waals surface area contributed by atoms with Gasteiger partial charge < -0.3 is 9.47 Å². The van der Waals surface area contributed by atoms with Gasteiger partial charge in [-0.15, -0.1) is 0 Å². The normalized spacial score (nSPS) is 9.27. The summed E-state index contributed by atoms with van der Waals surface area (Å²) >= 11 is 0. The summed E-state index contributed by atoms with van der Waals surface area (Å²) in [6.07, 6.45) is 0.993. The highest BCUT2D eigenvalue weighted by Gasteiger charge is 1.79. The van der Waals surface area contributed by atoms with Crippen molar-refractivity contribution in [3.8, 4) is 0 Å². The van der Waals surface area contributed by atoms with Crippen molar-refractivity contribution >= 4 is 0 Å². The van der Waals surface area contributed by atoms with E-state index < -0.39 is 0 Å². The molecule has 0 amide bonds. The molecule has 0 aromatic carbocycles. The molecule has 11 heavy (non-hydrogen) atoms. The van der Waals surface area contributed by atoms with Crippen molar-refractivity contribution in [2.45, 2.75) is 27.2 Å². The minimum absolute atomic E-state index is 0.799. The Kier molecular flexibility index (Phi) is 15.4. The van der Waals surface area contributed by atoms with Gasteiger partial charge in [0.25, 0.3) is 0 Å². The summed E-state index contributed by atoms with van der Waals surface area (Å²) in [5.74, 6) is 0.833. The lowest BCUT2D eigenvalue weighted by Crippen LogP contribution is -1.94. The molecule has 2 nitrogen and oxygen atoms in total. The van der Waals surface area contributed by atoms with Crippen molar-refractivity contribution in [2.24, 2.45) is 5.92 Å². The van der Waals surface area contributed by atoms with E-state index >= 15 is 0 Å². The quantitative estimate of drug-likeness (QED) is 0.591. The monoisotopic (exact) mass is 162 g/mol. The van der Waals surface area contributed by atoms with E-state index in [1.807, 2.05) is 0 Å². The second kappa shape index (κ2) is 12.6. The van der Waals surface area contributed by atoms with E-state index in [2.05, 4.69) is 20.8 Å². The van der Waals surface area contributed by atoms with Gasteiger partial charge >= 0.3 is 0 Å². The minimum atomic E-state index is 0.799. The maximum atomic E-state index is 4.76. The first kappa shape index (κ1) is 13.5. The van der Waals surface area contributed by atoms with Gasteiger partial charge in [-0.2, -0.15) is 0 Å². The van der Waals surface area contributed by atoms with E-state index in [0.29, 0.717) is 0 Å². The van der Waals surface area contributed by atoms with Crippen LogP contribution in [0.2, 0.25) is 0 Å². The van der Waals surface area contributed by atoms with Crippen LogP contribution in [0.25, 0.3) is 0 Å². The zero-order chi connectivity index (χ0) is 9.11. The average Bonchev–Trinajstić information content (AvgIpc) is 1.88. The van der Waals surface area contributed by atoms with Crippen LogP contribution >= 0.6 is 0 Å². The van der Waals surface area contributed by atoms with Crippen LogP contribution in [-0.2, 0) is 9.47 Å². The Morgan fingerprint density at radius 1 is 0.909 bits per heavy atom. The van der Waals surface area contributed by atoms with E-state index in [-0.39, 0.29) is 0 Å². The second-order valence-corrected chi connectivity index (χ2v) is 3.07. The Morgan fingerprint density at radius 2 is 1.18 bits per heavy atom. The summed E-state index contributed by atoms with van der Waals surface area (Å²) in [6.45, 7) is 8.10. The summed E-state index contributed by atoms with van der Waals surface area (Å²) in [4.78, 5) is 0. The van der Waals surface area contributed by atoms with Gasteiger partial charge in [-0.25, -0.2) is 0 Å². The van der Waals surface area contributed by atoms with Gasteiger partial charge in [0.1, 0.15) is 0 Å². The lowest BCUT2D eigenvalue weighted by molar-refractivity contribution is 0.138. The molecule has 0 aromatic rings. The van der Waals surface area contributed by atoms with E-state index in [4.69, 9.17) is 9.47 Å². The van der Waals surface area contributed by atoms with Gasteiger partial charge in [-0.3, -0.25) is 0 Å². The third kappa shape index (κ3) is 40.5. The smallest absolute Gasteiger partial charge is 0.0484 e. The number of rotatable bonds is 4. The van der Waals surface area contributed by atoms with Crippen LogP contribution in [0.15, 0.2) is 0 Å². The van der Waals surface area contributed by atoms with Crippen molar-refractivity contribution < 1.29 is 9.47 Å². The van der Waals surface area contributed by atoms with Crippen LogP contribution in [0.3, 0.4) is 0 Å². The lowest BCUT2D eigenvalue weighted by Gasteiger charge is -1.94. The molecule has 0 saturated heterocycles. The molecule has 0 N–H and O–H groups in total. The SMILES string of the molecule is CC(C)C.COCCCOC. The van der Waals surface area contributed by atoms with Crippen LogP contribution in [0.5, 0.6) is 0 Å². The fraction of sp³-hybridized carbons (Fsp3) is 1.00. The molecule has 0 atom stereocenters. The molecule has 0 bridgehead atoms. The standard InChI is InChI=1S/C5H12O2.C4H10/c1-6-4-3-5-7-2;1-4(2)3/h3-5H2,1-2H3;4H,1-3H3. The van der Waals surface area contributed by atoms with Crippen LogP contribution in [-0.4, -0.2) is 27.4 Å². The molecular weight excluding hydrogens is 140 g/mol. The zero-order valence-corrected chi connectivity index (χ0v) is 8.52. The van der Waals surface area contributed by atoms with E-state index in [9.17, 15) is 0 Å². The van der Waals surface area contributed by atoms with E-state index in [1.54, 1.807) is 14.2 Å². The molecule has 0 aliphatic heterocycles. The van der Waals surface area contributed by atoms with Gasteiger partial charge in [0, 0.05) is 27.4 Å². The molecule has 0 unspecified atom stereocenters. The molecule has 70 valence electrons. The predicted octanol–water partition coefficient (Wildman–Crippen LogP) is 2.33. The van der Waals surface area contributed by atoms with Crippen LogP contribution in [0, 0.1) is 5.92 Å². The zero-order valence-electron chi connectivity index (χ0n) is 8.52. The Bertz CT molecular complexity index is 46.8. The average molecular weight is 162 g/mol. The second-order valence-electron chi connectivity index (χ2n) is 3.07. The molecule has 0 fully saturated rings. The van der Waals surface area contributed by atoms with Crippen LogP contribution < -0.4 is 0 Å². The van der Waals surface area contributed by atoms with E-state index in [1.165, 1.54) is 0 Å². The molecule has 0 aromatic heterocycles. The molecule has 0 radical (unpaired) electrons. The fourth-order valence-electron chi connectivity index (χ4n) is 0.348. The number of hydrogen-bond donors (Lipinski definition) is 0. The van der Waals surface area contributed by atoms with Crippen molar-refractivity contribution in [1.82, 2.24) is 0 Å². The predicted molar refractivity (Wildman–Crippen MR) is 48.9 cm³/mol. The van der Waals surface area contributed by atoms with Gasteiger partial charge in [0.05, 0.1) is 0 Å². The molecule has 0 rings (SSSR count). The highest BCUT2D eigenvalue weighted by atomic mass is 16.5. The maximum absolute atomic E-state index is 4.76. The van der Waals surface area contributed by atoms with Crippen molar-refractivity contribution in [2.75, 3.05) is 27.4 Å². The first-order valence-electron chi connectivity index (χ1n) is 4.13. The van der Waals surface area contributed by atoms with Gasteiger partial charge in [-0.05, 0) is 12.3 Å². The minimum Gasteiger partial charge on any atom is -0.385 e. The largest absolute Gasteiger partial charge is 0.385 e. The number of methoxy groups -OCH3 is 2.